The van der Waals surface area contributed by atoms with Crippen molar-refractivity contribution in [1.82, 2.24) is 10.2 Å². The third kappa shape index (κ3) is 4.23. The Bertz CT molecular complexity index is 1080. The first kappa shape index (κ1) is 20.1. The van der Waals surface area contributed by atoms with Crippen LogP contribution in [0, 0.1) is 13.8 Å². The summed E-state index contributed by atoms with van der Waals surface area (Å²) < 4.78 is 0. The van der Waals surface area contributed by atoms with E-state index < -0.39 is 0 Å². The van der Waals surface area contributed by atoms with Gasteiger partial charge in [0.25, 0.3) is 5.91 Å². The first-order valence-corrected chi connectivity index (χ1v) is 10.6. The fraction of sp³-hybridized carbons (Fsp3) is 0.308. The van der Waals surface area contributed by atoms with Crippen LogP contribution in [0.5, 0.6) is 0 Å². The highest BCUT2D eigenvalue weighted by Crippen LogP contribution is 2.34. The lowest BCUT2D eigenvalue weighted by Gasteiger charge is -2.40. The van der Waals surface area contributed by atoms with E-state index >= 15 is 0 Å². The van der Waals surface area contributed by atoms with Gasteiger partial charge in [0.1, 0.15) is 0 Å². The lowest BCUT2D eigenvalue weighted by Crippen LogP contribution is -2.47. The molecule has 0 aromatic heterocycles. The number of benzene rings is 3. The van der Waals surface area contributed by atoms with Crippen molar-refractivity contribution < 1.29 is 9.59 Å². The summed E-state index contributed by atoms with van der Waals surface area (Å²) in [6.07, 6.45) is 1.48. The van der Waals surface area contributed by atoms with Crippen LogP contribution in [0.1, 0.15) is 52.9 Å². The predicted molar refractivity (Wildman–Crippen MR) is 120 cm³/mol. The molecule has 30 heavy (non-hydrogen) atoms. The molecule has 3 aromatic rings. The molecule has 1 aliphatic rings. The second-order valence-electron chi connectivity index (χ2n) is 8.42. The van der Waals surface area contributed by atoms with Gasteiger partial charge >= 0.3 is 0 Å². The lowest BCUT2D eigenvalue weighted by molar-refractivity contribution is -0.120. The van der Waals surface area contributed by atoms with Gasteiger partial charge in [0.05, 0.1) is 6.04 Å². The Hall–Kier alpha value is -3.14. The highest BCUT2D eigenvalue weighted by molar-refractivity contribution is 5.95. The normalized spacial score (nSPS) is 19.0. The quantitative estimate of drug-likeness (QED) is 0.677. The number of rotatable bonds is 3. The molecule has 0 bridgehead atoms. The second kappa shape index (κ2) is 8.31. The number of likely N-dealkylation sites (tertiary alicyclic amines) is 1. The second-order valence-corrected chi connectivity index (χ2v) is 8.42. The fourth-order valence-electron chi connectivity index (χ4n) is 4.62. The van der Waals surface area contributed by atoms with Crippen LogP contribution in [0.4, 0.5) is 0 Å². The Balaban J connectivity index is 1.71. The fourth-order valence-corrected chi connectivity index (χ4v) is 4.62. The summed E-state index contributed by atoms with van der Waals surface area (Å²) in [5.74, 6) is 0.0348. The van der Waals surface area contributed by atoms with Crippen LogP contribution >= 0.6 is 0 Å². The number of carbonyl (C=O) groups excluding carboxylic acids is 2. The van der Waals surface area contributed by atoms with Crippen LogP contribution in [-0.4, -0.2) is 29.3 Å². The number of fused-ring (bicyclic) bond motifs is 1. The number of nitrogens with zero attached hydrogens (tertiary/aromatic N) is 1. The largest absolute Gasteiger partial charge is 0.353 e. The zero-order valence-corrected chi connectivity index (χ0v) is 17.8. The number of amides is 2. The van der Waals surface area contributed by atoms with Crippen molar-refractivity contribution in [3.8, 4) is 0 Å². The highest BCUT2D eigenvalue weighted by atomic mass is 16.2. The van der Waals surface area contributed by atoms with Crippen LogP contribution in [0.15, 0.2) is 60.7 Å². The topological polar surface area (TPSA) is 49.4 Å². The van der Waals surface area contributed by atoms with Gasteiger partial charge in [-0.1, -0.05) is 53.6 Å². The van der Waals surface area contributed by atoms with Crippen molar-refractivity contribution in [2.24, 2.45) is 0 Å². The zero-order chi connectivity index (χ0) is 21.3. The van der Waals surface area contributed by atoms with Crippen molar-refractivity contribution in [3.63, 3.8) is 0 Å². The summed E-state index contributed by atoms with van der Waals surface area (Å²) in [5, 5.41) is 5.40. The number of hydrogen-bond acceptors (Lipinski definition) is 2. The Kier molecular flexibility index (Phi) is 5.58. The van der Waals surface area contributed by atoms with Crippen molar-refractivity contribution in [2.45, 2.75) is 45.7 Å². The SMILES string of the molecule is CC(=O)NC1CCN(C(=O)c2cc(C)cc(C)c2)C(c2ccc3ccccc3c2)C1. The van der Waals surface area contributed by atoms with E-state index in [1.165, 1.54) is 5.39 Å². The van der Waals surface area contributed by atoms with Gasteiger partial charge in [-0.25, -0.2) is 0 Å². The van der Waals surface area contributed by atoms with E-state index in [-0.39, 0.29) is 23.9 Å². The maximum absolute atomic E-state index is 13.5. The monoisotopic (exact) mass is 400 g/mol. The summed E-state index contributed by atoms with van der Waals surface area (Å²) in [6.45, 7) is 6.22. The lowest BCUT2D eigenvalue weighted by atomic mass is 9.89. The molecule has 2 unspecified atom stereocenters. The summed E-state index contributed by atoms with van der Waals surface area (Å²) in [4.78, 5) is 27.2. The number of piperidine rings is 1. The molecule has 0 aliphatic carbocycles. The van der Waals surface area contributed by atoms with E-state index in [1.807, 2.05) is 43.0 Å². The Morgan fingerprint density at radius 1 is 0.933 bits per heavy atom. The van der Waals surface area contributed by atoms with Gasteiger partial charge in [-0.3, -0.25) is 9.59 Å². The van der Waals surface area contributed by atoms with Crippen LogP contribution < -0.4 is 5.32 Å². The van der Waals surface area contributed by atoms with Gasteiger partial charge in [-0.15, -0.1) is 0 Å². The molecule has 4 rings (SSSR count). The van der Waals surface area contributed by atoms with E-state index in [2.05, 4.69) is 41.7 Å². The molecule has 1 fully saturated rings. The van der Waals surface area contributed by atoms with E-state index in [0.717, 1.165) is 34.1 Å². The van der Waals surface area contributed by atoms with E-state index in [4.69, 9.17) is 0 Å². The molecule has 154 valence electrons. The summed E-state index contributed by atoms with van der Waals surface area (Å²) in [6, 6.07) is 20.7. The first-order chi connectivity index (χ1) is 14.4. The van der Waals surface area contributed by atoms with Crippen LogP contribution in [-0.2, 0) is 4.79 Å². The minimum absolute atomic E-state index is 0.0219. The standard InChI is InChI=1S/C26H28N2O2/c1-17-12-18(2)14-23(13-17)26(30)28-11-10-24(27-19(3)29)16-25(28)22-9-8-20-6-4-5-7-21(20)15-22/h4-9,12-15,24-25H,10-11,16H2,1-3H3,(H,27,29). The molecule has 1 saturated heterocycles. The molecule has 4 nitrogen and oxygen atoms in total. The molecule has 0 radical (unpaired) electrons. The molecule has 3 aromatic carbocycles. The predicted octanol–water partition coefficient (Wildman–Crippen LogP) is 4.94. The molecular weight excluding hydrogens is 372 g/mol. The summed E-state index contributed by atoms with van der Waals surface area (Å²) in [5.41, 5.74) is 4.03. The molecule has 2 atom stereocenters. The highest BCUT2D eigenvalue weighted by Gasteiger charge is 2.33. The smallest absolute Gasteiger partial charge is 0.254 e. The van der Waals surface area contributed by atoms with E-state index in [1.54, 1.807) is 6.92 Å². The summed E-state index contributed by atoms with van der Waals surface area (Å²) in [7, 11) is 0. The van der Waals surface area contributed by atoms with Crippen molar-refractivity contribution in [2.75, 3.05) is 6.54 Å². The van der Waals surface area contributed by atoms with Crippen molar-refractivity contribution >= 4 is 22.6 Å². The molecule has 1 aliphatic heterocycles. The number of carbonyl (C=O) groups is 2. The Morgan fingerprint density at radius 3 is 2.33 bits per heavy atom. The van der Waals surface area contributed by atoms with Gasteiger partial charge in [0, 0.05) is 25.1 Å². The van der Waals surface area contributed by atoms with Gasteiger partial charge in [0.2, 0.25) is 5.91 Å². The van der Waals surface area contributed by atoms with Gasteiger partial charge in [0.15, 0.2) is 0 Å². The Labute approximate surface area is 177 Å². The average molecular weight is 401 g/mol. The molecule has 4 heteroatoms. The van der Waals surface area contributed by atoms with Crippen molar-refractivity contribution in [3.05, 3.63) is 82.9 Å². The van der Waals surface area contributed by atoms with Crippen LogP contribution in [0.2, 0.25) is 0 Å². The van der Waals surface area contributed by atoms with Gasteiger partial charge < -0.3 is 10.2 Å². The van der Waals surface area contributed by atoms with E-state index in [9.17, 15) is 9.59 Å². The number of hydrogen-bond donors (Lipinski definition) is 1. The minimum atomic E-state index is -0.0754. The third-order valence-electron chi connectivity index (χ3n) is 5.90. The van der Waals surface area contributed by atoms with Gasteiger partial charge in [-0.2, -0.15) is 0 Å². The minimum Gasteiger partial charge on any atom is -0.353 e. The van der Waals surface area contributed by atoms with Gasteiger partial charge in [-0.05, 0) is 61.2 Å². The Morgan fingerprint density at radius 2 is 1.63 bits per heavy atom. The third-order valence-corrected chi connectivity index (χ3v) is 5.90. The molecule has 1 heterocycles. The molecule has 2 amide bonds. The van der Waals surface area contributed by atoms with E-state index in [0.29, 0.717) is 13.0 Å². The number of aryl methyl sites for hydroxylation is 2. The summed E-state index contributed by atoms with van der Waals surface area (Å²) >= 11 is 0. The first-order valence-electron chi connectivity index (χ1n) is 10.6. The average Bonchev–Trinajstić information content (AvgIpc) is 2.71. The molecule has 1 N–H and O–H groups in total. The molecule has 0 saturated carbocycles. The number of nitrogens with one attached hydrogen (secondary N) is 1. The molecule has 0 spiro atoms. The van der Waals surface area contributed by atoms with Crippen LogP contribution in [0.25, 0.3) is 10.8 Å². The van der Waals surface area contributed by atoms with Crippen molar-refractivity contribution in [1.29, 1.82) is 0 Å². The maximum Gasteiger partial charge on any atom is 0.254 e. The maximum atomic E-state index is 13.5. The van der Waals surface area contributed by atoms with Crippen LogP contribution in [0.3, 0.4) is 0 Å². The zero-order valence-electron chi connectivity index (χ0n) is 17.8. The molecular formula is C26H28N2O2.